The number of rotatable bonds is 12. The van der Waals surface area contributed by atoms with E-state index in [0.717, 1.165) is 50.9 Å². The molecule has 0 spiro atoms. The molecular formula is C30H34F2N4O4. The molecule has 10 heteroatoms. The standard InChI is InChI=1S/C30H34F2N4O4/c31-24-17-23(18-25(32)20-24)21-40-27-9-7-26(8-10-27)34-30(38)35-28(19-22-5-2-1-3-6-22)29(37)33-11-4-12-36-13-15-39-16-14-36/h1-3,5-10,17-18,20,28H,4,11-16,19,21H2,(H,33,37)(H2,34,35,38)/t28-/m0/s1. The summed E-state index contributed by atoms with van der Waals surface area (Å²) in [4.78, 5) is 28.1. The van der Waals surface area contributed by atoms with Gasteiger partial charge in [-0.25, -0.2) is 13.6 Å². The molecule has 0 saturated carbocycles. The lowest BCUT2D eigenvalue weighted by Gasteiger charge is -2.26. The molecule has 0 unspecified atom stereocenters. The fourth-order valence-corrected chi connectivity index (χ4v) is 4.34. The van der Waals surface area contributed by atoms with Crippen molar-refractivity contribution >= 4 is 17.6 Å². The van der Waals surface area contributed by atoms with E-state index in [-0.39, 0.29) is 12.5 Å². The van der Waals surface area contributed by atoms with Gasteiger partial charge < -0.3 is 25.4 Å². The lowest BCUT2D eigenvalue weighted by atomic mass is 10.1. The van der Waals surface area contributed by atoms with Gasteiger partial charge in [0.2, 0.25) is 5.91 Å². The van der Waals surface area contributed by atoms with Crippen LogP contribution in [-0.2, 0) is 22.6 Å². The fourth-order valence-electron chi connectivity index (χ4n) is 4.34. The van der Waals surface area contributed by atoms with Crippen molar-refractivity contribution in [2.24, 2.45) is 0 Å². The number of carbonyl (C=O) groups excluding carboxylic acids is 2. The third-order valence-corrected chi connectivity index (χ3v) is 6.40. The average molecular weight is 553 g/mol. The number of ether oxygens (including phenoxy) is 2. The number of hydrogen-bond donors (Lipinski definition) is 3. The number of hydrogen-bond acceptors (Lipinski definition) is 5. The first-order chi connectivity index (χ1) is 19.4. The van der Waals surface area contributed by atoms with Crippen LogP contribution in [-0.4, -0.2) is 62.3 Å². The monoisotopic (exact) mass is 552 g/mol. The first-order valence-electron chi connectivity index (χ1n) is 13.3. The van der Waals surface area contributed by atoms with Crippen LogP contribution in [0.3, 0.4) is 0 Å². The highest BCUT2D eigenvalue weighted by molar-refractivity contribution is 5.93. The van der Waals surface area contributed by atoms with Crippen LogP contribution in [0.2, 0.25) is 0 Å². The number of carbonyl (C=O) groups is 2. The maximum Gasteiger partial charge on any atom is 0.319 e. The van der Waals surface area contributed by atoms with Crippen LogP contribution in [0.1, 0.15) is 17.5 Å². The molecule has 1 heterocycles. The summed E-state index contributed by atoms with van der Waals surface area (Å²) in [6.45, 7) is 4.63. The van der Waals surface area contributed by atoms with Gasteiger partial charge in [-0.3, -0.25) is 9.69 Å². The molecule has 3 aromatic rings. The minimum absolute atomic E-state index is 0.00926. The fraction of sp³-hybridized carbons (Fsp3) is 0.333. The van der Waals surface area contributed by atoms with Gasteiger partial charge in [0.15, 0.2) is 0 Å². The molecule has 0 bridgehead atoms. The molecule has 8 nitrogen and oxygen atoms in total. The van der Waals surface area contributed by atoms with E-state index in [1.54, 1.807) is 24.3 Å². The van der Waals surface area contributed by atoms with Crippen LogP contribution in [0.4, 0.5) is 19.3 Å². The summed E-state index contributed by atoms with van der Waals surface area (Å²) in [6, 6.07) is 18.0. The SMILES string of the molecule is O=C(Nc1ccc(OCc2cc(F)cc(F)c2)cc1)N[C@@H](Cc1ccccc1)C(=O)NCCCN1CCOCC1. The van der Waals surface area contributed by atoms with Crippen LogP contribution in [0, 0.1) is 11.6 Å². The third kappa shape index (κ3) is 9.62. The van der Waals surface area contributed by atoms with Crippen molar-refractivity contribution in [1.29, 1.82) is 0 Å². The van der Waals surface area contributed by atoms with Gasteiger partial charge in [0, 0.05) is 37.8 Å². The van der Waals surface area contributed by atoms with Gasteiger partial charge >= 0.3 is 6.03 Å². The van der Waals surface area contributed by atoms with Crippen molar-refractivity contribution < 1.29 is 27.8 Å². The zero-order chi connectivity index (χ0) is 28.2. The number of benzene rings is 3. The Hall–Kier alpha value is -4.02. The second-order valence-electron chi connectivity index (χ2n) is 9.53. The maximum absolute atomic E-state index is 13.4. The van der Waals surface area contributed by atoms with Crippen LogP contribution < -0.4 is 20.7 Å². The number of nitrogens with one attached hydrogen (secondary N) is 3. The molecule has 40 heavy (non-hydrogen) atoms. The van der Waals surface area contributed by atoms with Crippen molar-refractivity contribution in [3.8, 4) is 5.75 Å². The van der Waals surface area contributed by atoms with Gasteiger partial charge in [-0.2, -0.15) is 0 Å². The first kappa shape index (κ1) is 29.0. The van der Waals surface area contributed by atoms with Gasteiger partial charge in [0.1, 0.15) is 30.0 Å². The molecule has 1 aliphatic rings. The second kappa shape index (κ2) is 14.9. The maximum atomic E-state index is 13.4. The zero-order valence-corrected chi connectivity index (χ0v) is 22.2. The van der Waals surface area contributed by atoms with E-state index < -0.39 is 23.7 Å². The van der Waals surface area contributed by atoms with Crippen LogP contribution in [0.25, 0.3) is 0 Å². The summed E-state index contributed by atoms with van der Waals surface area (Å²) in [5.41, 5.74) is 1.78. The highest BCUT2D eigenvalue weighted by Gasteiger charge is 2.21. The second-order valence-corrected chi connectivity index (χ2v) is 9.53. The first-order valence-corrected chi connectivity index (χ1v) is 13.3. The molecular weight excluding hydrogens is 518 g/mol. The number of urea groups is 1. The topological polar surface area (TPSA) is 91.9 Å². The minimum atomic E-state index is -0.764. The molecule has 3 amide bonds. The summed E-state index contributed by atoms with van der Waals surface area (Å²) in [7, 11) is 0. The Bertz CT molecular complexity index is 1220. The molecule has 1 atom stereocenters. The molecule has 212 valence electrons. The number of halogens is 2. The molecule has 0 aromatic heterocycles. The van der Waals surface area contributed by atoms with Crippen LogP contribution in [0.15, 0.2) is 72.8 Å². The lowest BCUT2D eigenvalue weighted by molar-refractivity contribution is -0.122. The van der Waals surface area contributed by atoms with Gasteiger partial charge in [-0.15, -0.1) is 0 Å². The normalized spacial score (nSPS) is 14.2. The quantitative estimate of drug-likeness (QED) is 0.294. The number of morpholine rings is 1. The smallest absolute Gasteiger partial charge is 0.319 e. The molecule has 0 aliphatic carbocycles. The minimum Gasteiger partial charge on any atom is -0.489 e. The lowest BCUT2D eigenvalue weighted by Crippen LogP contribution is -2.49. The van der Waals surface area contributed by atoms with Crippen molar-refractivity contribution in [1.82, 2.24) is 15.5 Å². The summed E-state index contributed by atoms with van der Waals surface area (Å²) >= 11 is 0. The van der Waals surface area contributed by atoms with E-state index >= 15 is 0 Å². The number of amides is 3. The summed E-state index contributed by atoms with van der Waals surface area (Å²) < 4.78 is 37.7. The Morgan fingerprint density at radius 2 is 1.62 bits per heavy atom. The molecule has 1 aliphatic heterocycles. The Morgan fingerprint density at radius 3 is 2.33 bits per heavy atom. The molecule has 4 rings (SSSR count). The molecule has 1 saturated heterocycles. The Morgan fingerprint density at radius 1 is 0.925 bits per heavy atom. The van der Waals surface area contributed by atoms with Crippen molar-refractivity contribution in [3.05, 3.63) is 95.6 Å². The van der Waals surface area contributed by atoms with E-state index in [0.29, 0.717) is 30.0 Å². The summed E-state index contributed by atoms with van der Waals surface area (Å²) in [5, 5.41) is 8.47. The van der Waals surface area contributed by atoms with E-state index in [1.807, 2.05) is 30.3 Å². The molecule has 1 fully saturated rings. The van der Waals surface area contributed by atoms with Crippen molar-refractivity contribution in [3.63, 3.8) is 0 Å². The van der Waals surface area contributed by atoms with Crippen LogP contribution >= 0.6 is 0 Å². The third-order valence-electron chi connectivity index (χ3n) is 6.40. The van der Waals surface area contributed by atoms with Crippen molar-refractivity contribution in [2.75, 3.05) is 44.7 Å². The average Bonchev–Trinajstić information content (AvgIpc) is 2.95. The molecule has 3 aromatic carbocycles. The predicted molar refractivity (Wildman–Crippen MR) is 148 cm³/mol. The summed E-state index contributed by atoms with van der Waals surface area (Å²) in [5.74, 6) is -1.12. The highest BCUT2D eigenvalue weighted by Crippen LogP contribution is 2.18. The summed E-state index contributed by atoms with van der Waals surface area (Å²) in [6.07, 6.45) is 1.15. The van der Waals surface area contributed by atoms with E-state index in [4.69, 9.17) is 9.47 Å². The Balaban J connectivity index is 1.28. The number of nitrogens with zero attached hydrogens (tertiary/aromatic N) is 1. The van der Waals surface area contributed by atoms with Crippen LogP contribution in [0.5, 0.6) is 5.75 Å². The zero-order valence-electron chi connectivity index (χ0n) is 22.2. The number of anilines is 1. The van der Waals surface area contributed by atoms with Gasteiger partial charge in [-0.1, -0.05) is 30.3 Å². The van der Waals surface area contributed by atoms with E-state index in [2.05, 4.69) is 20.9 Å². The highest BCUT2D eigenvalue weighted by atomic mass is 19.1. The van der Waals surface area contributed by atoms with Gasteiger partial charge in [-0.05, 0) is 60.5 Å². The Labute approximate surface area is 232 Å². The van der Waals surface area contributed by atoms with Gasteiger partial charge in [0.25, 0.3) is 0 Å². The molecule has 3 N–H and O–H groups in total. The van der Waals surface area contributed by atoms with E-state index in [1.165, 1.54) is 12.1 Å². The van der Waals surface area contributed by atoms with Crippen molar-refractivity contribution in [2.45, 2.75) is 25.5 Å². The van der Waals surface area contributed by atoms with E-state index in [9.17, 15) is 18.4 Å². The largest absolute Gasteiger partial charge is 0.489 e. The van der Waals surface area contributed by atoms with Gasteiger partial charge in [0.05, 0.1) is 13.2 Å². The Kier molecular flexibility index (Phi) is 10.8. The molecule has 0 radical (unpaired) electrons. The predicted octanol–water partition coefficient (Wildman–Crippen LogP) is 4.12.